The maximum atomic E-state index is 11.2. The van der Waals surface area contributed by atoms with Crippen LogP contribution in [0.1, 0.15) is 24.5 Å². The van der Waals surface area contributed by atoms with Gasteiger partial charge in [0.2, 0.25) is 0 Å². The predicted octanol–water partition coefficient (Wildman–Crippen LogP) is 1.76. The van der Waals surface area contributed by atoms with Gasteiger partial charge in [-0.25, -0.2) is 0 Å². The third-order valence-electron chi connectivity index (χ3n) is 6.01. The number of piperidine rings is 3. The number of aliphatic hydroxyl groups is 1. The number of aromatic nitrogens is 1. The largest absolute Gasteiger partial charge is 0.497 e. The molecule has 3 aliphatic rings. The van der Waals surface area contributed by atoms with Crippen LogP contribution in [0.15, 0.2) is 43.1 Å². The molecule has 3 fully saturated rings. The lowest BCUT2D eigenvalue weighted by molar-refractivity contribution is -0.949. The summed E-state index contributed by atoms with van der Waals surface area (Å²) in [6.45, 7) is 6.25. The number of nitrogens with zero attached hydrogens (tertiary/aromatic N) is 1. The predicted molar refractivity (Wildman–Crippen MR) is 94.2 cm³/mol. The van der Waals surface area contributed by atoms with E-state index >= 15 is 0 Å². The Morgan fingerprint density at radius 2 is 2.29 bits per heavy atom. The first-order valence-electron chi connectivity index (χ1n) is 8.79. The van der Waals surface area contributed by atoms with Crippen molar-refractivity contribution in [1.29, 1.82) is 0 Å². The van der Waals surface area contributed by atoms with Crippen LogP contribution in [0.2, 0.25) is 0 Å². The van der Waals surface area contributed by atoms with Crippen molar-refractivity contribution in [2.45, 2.75) is 25.0 Å². The van der Waals surface area contributed by atoms with Gasteiger partial charge < -0.3 is 14.7 Å². The van der Waals surface area contributed by atoms with Gasteiger partial charge in [0, 0.05) is 30.3 Å². The number of hydrogen-bond donors (Lipinski definition) is 2. The van der Waals surface area contributed by atoms with E-state index in [9.17, 15) is 5.11 Å². The first kappa shape index (κ1) is 15.6. The lowest BCUT2D eigenvalue weighted by Gasteiger charge is -2.47. The molecule has 1 unspecified atom stereocenters. The zero-order chi connectivity index (χ0) is 16.7. The van der Waals surface area contributed by atoms with Crippen LogP contribution >= 0.6 is 0 Å². The normalized spacial score (nSPS) is 30.2. The van der Waals surface area contributed by atoms with Gasteiger partial charge in [0.1, 0.15) is 17.9 Å². The Labute approximate surface area is 142 Å². The van der Waals surface area contributed by atoms with Gasteiger partial charge in [0.15, 0.2) is 0 Å². The Morgan fingerprint density at radius 1 is 1.42 bits per heavy atom. The average Bonchev–Trinajstić information content (AvgIpc) is 2.66. The van der Waals surface area contributed by atoms with Gasteiger partial charge in [-0.05, 0) is 35.7 Å². The molecule has 126 valence electrons. The molecular weight excluding hydrogens is 300 g/mol. The van der Waals surface area contributed by atoms with Crippen molar-refractivity contribution in [3.05, 3.63) is 48.7 Å². The average molecular weight is 325 g/mol. The fourth-order valence-corrected chi connectivity index (χ4v) is 4.65. The molecule has 3 aliphatic heterocycles. The highest BCUT2D eigenvalue weighted by atomic mass is 16.5. The Bertz CT molecular complexity index is 760. The van der Waals surface area contributed by atoms with Crippen LogP contribution in [0.5, 0.6) is 5.75 Å². The SMILES string of the molecule is C=C[C@H]1C[NH+]2CC[C@H]1C[C@H]2[C@H](O)c1ccnc2ccc(OC)cc12. The molecule has 5 atom stereocenters. The molecule has 0 saturated carbocycles. The van der Waals surface area contributed by atoms with Gasteiger partial charge >= 0.3 is 0 Å². The Hall–Kier alpha value is -1.91. The van der Waals surface area contributed by atoms with Crippen molar-refractivity contribution < 1.29 is 14.7 Å². The Balaban J connectivity index is 1.69. The summed E-state index contributed by atoms with van der Waals surface area (Å²) in [5.74, 6) is 2.07. The number of methoxy groups -OCH3 is 1. The van der Waals surface area contributed by atoms with Crippen molar-refractivity contribution in [1.82, 2.24) is 4.98 Å². The van der Waals surface area contributed by atoms with E-state index in [2.05, 4.69) is 17.6 Å². The molecule has 1 aromatic carbocycles. The summed E-state index contributed by atoms with van der Waals surface area (Å²) < 4.78 is 5.35. The summed E-state index contributed by atoms with van der Waals surface area (Å²) in [5, 5.41) is 12.2. The quantitative estimate of drug-likeness (QED) is 0.842. The second-order valence-corrected chi connectivity index (χ2v) is 7.13. The molecule has 2 N–H and O–H groups in total. The minimum absolute atomic E-state index is 0.261. The zero-order valence-electron chi connectivity index (χ0n) is 14.1. The van der Waals surface area contributed by atoms with Gasteiger partial charge in [-0.1, -0.05) is 6.08 Å². The van der Waals surface area contributed by atoms with Gasteiger partial charge in [-0.2, -0.15) is 0 Å². The summed E-state index contributed by atoms with van der Waals surface area (Å²) >= 11 is 0. The highest BCUT2D eigenvalue weighted by molar-refractivity contribution is 5.83. The van der Waals surface area contributed by atoms with E-state index in [4.69, 9.17) is 4.74 Å². The van der Waals surface area contributed by atoms with E-state index in [-0.39, 0.29) is 6.04 Å². The molecule has 4 heterocycles. The summed E-state index contributed by atoms with van der Waals surface area (Å²) in [6.07, 6.45) is 5.76. The van der Waals surface area contributed by atoms with Crippen LogP contribution in [0, 0.1) is 11.8 Å². The zero-order valence-corrected chi connectivity index (χ0v) is 14.1. The number of ether oxygens (including phenoxy) is 1. The topological polar surface area (TPSA) is 46.8 Å². The fourth-order valence-electron chi connectivity index (χ4n) is 4.65. The Kier molecular flexibility index (Phi) is 4.02. The van der Waals surface area contributed by atoms with Crippen LogP contribution in [-0.2, 0) is 0 Å². The molecule has 0 spiro atoms. The molecular formula is C20H25N2O2+. The molecule has 2 bridgehead atoms. The molecule has 4 heteroatoms. The third kappa shape index (κ3) is 2.50. The van der Waals surface area contributed by atoms with E-state index in [1.807, 2.05) is 24.3 Å². The summed E-state index contributed by atoms with van der Waals surface area (Å²) in [4.78, 5) is 5.95. The van der Waals surface area contributed by atoms with Crippen molar-refractivity contribution in [3.8, 4) is 5.75 Å². The molecule has 0 radical (unpaired) electrons. The second kappa shape index (κ2) is 6.19. The number of quaternary nitrogens is 1. The maximum absolute atomic E-state index is 11.2. The number of aliphatic hydroxyl groups excluding tert-OH is 1. The van der Waals surface area contributed by atoms with E-state index < -0.39 is 6.10 Å². The molecule has 4 nitrogen and oxygen atoms in total. The molecule has 24 heavy (non-hydrogen) atoms. The van der Waals surface area contributed by atoms with Gasteiger partial charge in [0.05, 0.1) is 25.7 Å². The van der Waals surface area contributed by atoms with E-state index in [0.717, 1.165) is 41.7 Å². The van der Waals surface area contributed by atoms with Gasteiger partial charge in [0.25, 0.3) is 0 Å². The van der Waals surface area contributed by atoms with Crippen LogP contribution in [-0.4, -0.2) is 36.3 Å². The van der Waals surface area contributed by atoms with Crippen molar-refractivity contribution in [2.24, 2.45) is 11.8 Å². The lowest BCUT2D eigenvalue weighted by Crippen LogP contribution is -3.20. The minimum Gasteiger partial charge on any atom is -0.497 e. The smallest absolute Gasteiger partial charge is 0.131 e. The standard InChI is InChI=1S/C20H24N2O2/c1-3-13-12-22-9-7-14(13)10-19(22)20(23)16-6-8-21-18-5-4-15(24-2)11-17(16)18/h3-6,8,11,13-14,19-20,23H,1,7,9-10,12H2,2H3/p+1/t13-,14-,19-,20+/m0/s1. The van der Waals surface area contributed by atoms with Crippen LogP contribution in [0.3, 0.4) is 0 Å². The van der Waals surface area contributed by atoms with Crippen molar-refractivity contribution in [3.63, 3.8) is 0 Å². The molecule has 0 aliphatic carbocycles. The van der Waals surface area contributed by atoms with Crippen LogP contribution < -0.4 is 9.64 Å². The monoisotopic (exact) mass is 325 g/mol. The highest BCUT2D eigenvalue weighted by Gasteiger charge is 2.45. The second-order valence-electron chi connectivity index (χ2n) is 7.13. The van der Waals surface area contributed by atoms with E-state index in [1.165, 1.54) is 11.3 Å². The molecule has 1 aromatic heterocycles. The highest BCUT2D eigenvalue weighted by Crippen LogP contribution is 2.34. The maximum Gasteiger partial charge on any atom is 0.131 e. The van der Waals surface area contributed by atoms with Crippen LogP contribution in [0.25, 0.3) is 10.9 Å². The minimum atomic E-state index is -0.467. The number of benzene rings is 1. The van der Waals surface area contributed by atoms with Crippen molar-refractivity contribution >= 4 is 10.9 Å². The summed E-state index contributed by atoms with van der Waals surface area (Å²) in [7, 11) is 1.67. The van der Waals surface area contributed by atoms with E-state index in [0.29, 0.717) is 11.8 Å². The molecule has 0 amide bonds. The fraction of sp³-hybridized carbons (Fsp3) is 0.450. The number of rotatable bonds is 4. The molecule has 2 aromatic rings. The number of hydrogen-bond acceptors (Lipinski definition) is 3. The molecule has 5 rings (SSSR count). The summed E-state index contributed by atoms with van der Waals surface area (Å²) in [5.41, 5.74) is 1.88. The first-order chi connectivity index (χ1) is 11.7. The third-order valence-corrected chi connectivity index (χ3v) is 6.01. The van der Waals surface area contributed by atoms with Crippen molar-refractivity contribution in [2.75, 3.05) is 20.2 Å². The summed E-state index contributed by atoms with van der Waals surface area (Å²) in [6, 6.07) is 8.08. The molecule has 3 saturated heterocycles. The number of fused-ring (bicyclic) bond motifs is 4. The lowest BCUT2D eigenvalue weighted by atomic mass is 9.73. The number of pyridine rings is 1. The van der Waals surface area contributed by atoms with E-state index in [1.54, 1.807) is 13.3 Å². The van der Waals surface area contributed by atoms with Gasteiger partial charge in [-0.15, -0.1) is 6.58 Å². The number of nitrogens with one attached hydrogen (secondary N) is 1. The van der Waals surface area contributed by atoms with Gasteiger partial charge in [-0.3, -0.25) is 4.98 Å². The first-order valence-corrected chi connectivity index (χ1v) is 8.79. The van der Waals surface area contributed by atoms with Crippen LogP contribution in [0.4, 0.5) is 0 Å². The Morgan fingerprint density at radius 3 is 3.00 bits per heavy atom.